The molecule has 0 saturated heterocycles. The first-order chi connectivity index (χ1) is 17.2. The minimum absolute atomic E-state index is 0.125. The Morgan fingerprint density at radius 1 is 1.08 bits per heavy atom. The molecule has 8 heteroatoms. The van der Waals surface area contributed by atoms with Gasteiger partial charge in [0.15, 0.2) is 0 Å². The zero-order valence-corrected chi connectivity index (χ0v) is 21.5. The zero-order valence-electron chi connectivity index (χ0n) is 21.5. The fourth-order valence-corrected chi connectivity index (χ4v) is 4.33. The van der Waals surface area contributed by atoms with Crippen LogP contribution in [0.2, 0.25) is 0 Å². The lowest BCUT2D eigenvalue weighted by Crippen LogP contribution is -2.50. The van der Waals surface area contributed by atoms with Crippen LogP contribution in [0.15, 0.2) is 66.9 Å². The lowest BCUT2D eigenvalue weighted by atomic mass is 9.84. The van der Waals surface area contributed by atoms with E-state index < -0.39 is 23.3 Å². The number of rotatable bonds is 9. The molecule has 192 valence electrons. The third kappa shape index (κ3) is 6.38. The van der Waals surface area contributed by atoms with Crippen molar-refractivity contribution in [2.24, 2.45) is 17.1 Å². The number of nitrogens with zero attached hydrogens (tertiary/aromatic N) is 3. The maximum absolute atomic E-state index is 13.4. The molecular formula is C28H37N5O3. The second-order valence-corrected chi connectivity index (χ2v) is 10.1. The van der Waals surface area contributed by atoms with E-state index in [4.69, 9.17) is 10.7 Å². The van der Waals surface area contributed by atoms with E-state index >= 15 is 0 Å². The average Bonchev–Trinajstić information content (AvgIpc) is 3.28. The Bertz CT molecular complexity index is 1130. The van der Waals surface area contributed by atoms with Crippen molar-refractivity contribution >= 4 is 11.8 Å². The van der Waals surface area contributed by atoms with Crippen LogP contribution in [-0.4, -0.2) is 58.1 Å². The maximum Gasteiger partial charge on any atom is 0.312 e. The van der Waals surface area contributed by atoms with Gasteiger partial charge in [-0.3, -0.25) is 9.59 Å². The van der Waals surface area contributed by atoms with Crippen molar-refractivity contribution < 1.29 is 14.7 Å². The first kappa shape index (κ1) is 27.1. The Hall–Kier alpha value is -3.49. The summed E-state index contributed by atoms with van der Waals surface area (Å²) in [7, 11) is 1.43. The van der Waals surface area contributed by atoms with Crippen molar-refractivity contribution in [1.82, 2.24) is 19.8 Å². The van der Waals surface area contributed by atoms with Crippen molar-refractivity contribution in [2.45, 2.75) is 33.4 Å². The molecule has 0 fully saturated rings. The van der Waals surface area contributed by atoms with Gasteiger partial charge in [-0.2, -0.15) is 0 Å². The van der Waals surface area contributed by atoms with Crippen molar-refractivity contribution in [3.63, 3.8) is 0 Å². The van der Waals surface area contributed by atoms with Crippen LogP contribution in [0.1, 0.15) is 38.2 Å². The average molecular weight is 492 g/mol. The summed E-state index contributed by atoms with van der Waals surface area (Å²) in [6.45, 7) is 6.70. The third-order valence-corrected chi connectivity index (χ3v) is 6.18. The smallest absolute Gasteiger partial charge is 0.312 e. The predicted octanol–water partition coefficient (Wildman–Crippen LogP) is 2.83. The second kappa shape index (κ2) is 12.0. The fourth-order valence-electron chi connectivity index (χ4n) is 4.33. The van der Waals surface area contributed by atoms with E-state index in [2.05, 4.69) is 5.32 Å². The number of aliphatic hydroxyl groups excluding tert-OH is 1. The van der Waals surface area contributed by atoms with Gasteiger partial charge in [-0.1, -0.05) is 81.4 Å². The molecule has 0 bridgehead atoms. The van der Waals surface area contributed by atoms with E-state index in [0.717, 1.165) is 16.8 Å². The third-order valence-electron chi connectivity index (χ3n) is 6.18. The number of nitrogens with one attached hydrogen (secondary N) is 1. The summed E-state index contributed by atoms with van der Waals surface area (Å²) in [6.07, 6.45) is 1.99. The van der Waals surface area contributed by atoms with Gasteiger partial charge in [0.1, 0.15) is 5.82 Å². The Morgan fingerprint density at radius 3 is 2.22 bits per heavy atom. The zero-order chi connectivity index (χ0) is 26.3. The standard InChI is InChI=1S/C28H37N5O3/c1-28(2,3)24(33(17-21(15-29)19-34)27(36)26(35)30-4)25-31-23(22-13-9-6-10-14-22)18-32(25)16-20-11-7-5-8-12-20/h5-14,18,21,24,34H,15-17,19,29H2,1-4H3,(H,30,35)/t21-,24+/m1/s1. The highest BCUT2D eigenvalue weighted by atomic mass is 16.3. The number of aromatic nitrogens is 2. The second-order valence-electron chi connectivity index (χ2n) is 10.1. The molecule has 2 atom stereocenters. The van der Waals surface area contributed by atoms with Crippen molar-refractivity contribution in [1.29, 1.82) is 0 Å². The van der Waals surface area contributed by atoms with Gasteiger partial charge in [-0.05, 0) is 17.5 Å². The maximum atomic E-state index is 13.4. The van der Waals surface area contributed by atoms with Crippen LogP contribution in [0.5, 0.6) is 0 Å². The van der Waals surface area contributed by atoms with E-state index in [1.165, 1.54) is 11.9 Å². The Balaban J connectivity index is 2.20. The van der Waals surface area contributed by atoms with Crippen LogP contribution >= 0.6 is 0 Å². The summed E-state index contributed by atoms with van der Waals surface area (Å²) in [5.41, 5.74) is 8.21. The SMILES string of the molecule is CNC(=O)C(=O)N(C[C@@H](CN)CO)[C@@H](c1nc(-c2ccccc2)cn1Cc1ccccc1)C(C)(C)C. The first-order valence-electron chi connectivity index (χ1n) is 12.2. The summed E-state index contributed by atoms with van der Waals surface area (Å²) in [5.74, 6) is -1.12. The monoisotopic (exact) mass is 491 g/mol. The summed E-state index contributed by atoms with van der Waals surface area (Å²) in [4.78, 5) is 32.5. The molecule has 1 heterocycles. The van der Waals surface area contributed by atoms with Gasteiger partial charge in [0.05, 0.1) is 11.7 Å². The fraction of sp³-hybridized carbons (Fsp3) is 0.393. The number of hydrogen-bond donors (Lipinski definition) is 3. The summed E-state index contributed by atoms with van der Waals surface area (Å²) in [6, 6.07) is 19.3. The number of likely N-dealkylation sites (N-methyl/N-ethyl adjacent to an activating group) is 1. The van der Waals surface area contributed by atoms with Gasteiger partial charge < -0.3 is 25.6 Å². The summed E-state index contributed by atoms with van der Waals surface area (Å²) in [5, 5.41) is 12.3. The van der Waals surface area contributed by atoms with Crippen LogP contribution in [0.25, 0.3) is 11.3 Å². The number of carbonyl (C=O) groups is 2. The molecule has 1 aromatic heterocycles. The molecule has 3 aromatic rings. The van der Waals surface area contributed by atoms with E-state index in [1.54, 1.807) is 0 Å². The normalized spacial score (nSPS) is 13.2. The molecule has 8 nitrogen and oxygen atoms in total. The minimum atomic E-state index is -0.720. The number of carbonyl (C=O) groups excluding carboxylic acids is 2. The molecule has 0 aliphatic carbocycles. The van der Waals surface area contributed by atoms with Gasteiger partial charge in [0.2, 0.25) is 0 Å². The summed E-state index contributed by atoms with van der Waals surface area (Å²) >= 11 is 0. The lowest BCUT2D eigenvalue weighted by Gasteiger charge is -2.40. The van der Waals surface area contributed by atoms with Gasteiger partial charge in [-0.15, -0.1) is 0 Å². The van der Waals surface area contributed by atoms with Crippen LogP contribution in [0.4, 0.5) is 0 Å². The van der Waals surface area contributed by atoms with E-state index in [-0.39, 0.29) is 25.6 Å². The van der Waals surface area contributed by atoms with Crippen LogP contribution in [0, 0.1) is 11.3 Å². The van der Waals surface area contributed by atoms with E-state index in [0.29, 0.717) is 12.4 Å². The number of nitrogens with two attached hydrogens (primary N) is 1. The van der Waals surface area contributed by atoms with E-state index in [9.17, 15) is 14.7 Å². The van der Waals surface area contributed by atoms with E-state index in [1.807, 2.05) is 92.2 Å². The number of aliphatic hydroxyl groups is 1. The quantitative estimate of drug-likeness (QED) is 0.399. The molecule has 0 spiro atoms. The molecule has 0 aliphatic heterocycles. The molecule has 36 heavy (non-hydrogen) atoms. The molecule has 4 N–H and O–H groups in total. The predicted molar refractivity (Wildman–Crippen MR) is 141 cm³/mol. The Morgan fingerprint density at radius 2 is 1.69 bits per heavy atom. The van der Waals surface area contributed by atoms with Gasteiger partial charge >= 0.3 is 11.8 Å². The van der Waals surface area contributed by atoms with Crippen LogP contribution < -0.4 is 11.1 Å². The molecule has 2 amide bonds. The van der Waals surface area contributed by atoms with Gasteiger partial charge in [0, 0.05) is 44.4 Å². The minimum Gasteiger partial charge on any atom is -0.396 e. The highest BCUT2D eigenvalue weighted by molar-refractivity contribution is 6.35. The lowest BCUT2D eigenvalue weighted by molar-refractivity contribution is -0.150. The van der Waals surface area contributed by atoms with Crippen molar-refractivity contribution in [2.75, 3.05) is 26.7 Å². The Labute approximate surface area is 213 Å². The summed E-state index contributed by atoms with van der Waals surface area (Å²) < 4.78 is 2.05. The Kier molecular flexibility index (Phi) is 9.01. The van der Waals surface area contributed by atoms with Gasteiger partial charge in [0.25, 0.3) is 0 Å². The largest absolute Gasteiger partial charge is 0.396 e. The highest BCUT2D eigenvalue weighted by Crippen LogP contribution is 2.39. The number of hydrogen-bond acceptors (Lipinski definition) is 5. The number of amides is 2. The molecule has 0 unspecified atom stereocenters. The highest BCUT2D eigenvalue weighted by Gasteiger charge is 2.40. The first-order valence-corrected chi connectivity index (χ1v) is 12.2. The van der Waals surface area contributed by atoms with Crippen LogP contribution in [-0.2, 0) is 16.1 Å². The number of benzene rings is 2. The van der Waals surface area contributed by atoms with Crippen molar-refractivity contribution in [3.05, 3.63) is 78.2 Å². The topological polar surface area (TPSA) is 113 Å². The molecule has 0 saturated carbocycles. The molecule has 0 aliphatic rings. The molecule has 2 aromatic carbocycles. The van der Waals surface area contributed by atoms with Gasteiger partial charge in [-0.25, -0.2) is 4.98 Å². The molecular weight excluding hydrogens is 454 g/mol. The number of imidazole rings is 1. The molecule has 3 rings (SSSR count). The molecule has 0 radical (unpaired) electrons. The van der Waals surface area contributed by atoms with Crippen LogP contribution in [0.3, 0.4) is 0 Å². The van der Waals surface area contributed by atoms with Crippen molar-refractivity contribution in [3.8, 4) is 11.3 Å².